The minimum Gasteiger partial charge on any atom is -0.374 e. The third kappa shape index (κ3) is 8.50. The molecule has 23 heavy (non-hydrogen) atoms. The zero-order valence-corrected chi connectivity index (χ0v) is 15.8. The molecule has 8 heteroatoms. The van der Waals surface area contributed by atoms with Crippen molar-refractivity contribution in [2.75, 3.05) is 31.5 Å². The second-order valence-electron chi connectivity index (χ2n) is 5.12. The molecule has 0 amide bonds. The van der Waals surface area contributed by atoms with Crippen molar-refractivity contribution >= 4 is 30.9 Å². The maximum absolute atomic E-state index is 12.4. The van der Waals surface area contributed by atoms with Gasteiger partial charge in [0.2, 0.25) is 0 Å². The maximum Gasteiger partial charge on any atom is 0.340 e. The van der Waals surface area contributed by atoms with Crippen molar-refractivity contribution in [2.45, 2.75) is 26.1 Å². The lowest BCUT2D eigenvalue weighted by Gasteiger charge is -2.26. The summed E-state index contributed by atoms with van der Waals surface area (Å²) in [6.07, 6.45) is 0.577. The Bertz CT molecular complexity index is 473. The normalized spacial score (nSPS) is 15.5. The number of rotatable bonds is 12. The number of hydrogen-bond acceptors (Lipinski definition) is 3. The Morgan fingerprint density at radius 1 is 1.22 bits per heavy atom. The van der Waals surface area contributed by atoms with Crippen molar-refractivity contribution in [3.63, 3.8) is 0 Å². The van der Waals surface area contributed by atoms with Crippen molar-refractivity contribution in [1.82, 2.24) is 4.67 Å². The van der Waals surface area contributed by atoms with Gasteiger partial charge in [0.15, 0.2) is 0 Å². The molecule has 0 aliphatic carbocycles. The highest BCUT2D eigenvalue weighted by Gasteiger charge is 2.26. The fraction of sp³-hybridized carbons (Fsp3) is 0.600. The average molecular weight is 383 g/mol. The van der Waals surface area contributed by atoms with Crippen molar-refractivity contribution in [1.29, 1.82) is 0 Å². The number of alkyl halides is 2. The minimum absolute atomic E-state index is 0.0234. The largest absolute Gasteiger partial charge is 0.374 e. The molecule has 0 fully saturated rings. The van der Waals surface area contributed by atoms with Crippen LogP contribution in [0.1, 0.15) is 18.9 Å². The molecule has 0 bridgehead atoms. The molecule has 1 aromatic carbocycles. The summed E-state index contributed by atoms with van der Waals surface area (Å²) >= 11 is 11.4. The van der Waals surface area contributed by atoms with Crippen LogP contribution in [0.25, 0.3) is 0 Å². The van der Waals surface area contributed by atoms with Crippen LogP contribution in [-0.4, -0.2) is 42.2 Å². The molecule has 0 aliphatic heterocycles. The van der Waals surface area contributed by atoms with Crippen molar-refractivity contribution < 1.29 is 13.8 Å². The fourth-order valence-electron chi connectivity index (χ4n) is 1.91. The van der Waals surface area contributed by atoms with Crippen LogP contribution in [0.15, 0.2) is 30.3 Å². The first kappa shape index (κ1) is 20.9. The summed E-state index contributed by atoms with van der Waals surface area (Å²) in [5.41, 5.74) is 6.90. The lowest BCUT2D eigenvalue weighted by Crippen LogP contribution is -2.30. The zero-order valence-electron chi connectivity index (χ0n) is 13.4. The predicted octanol–water partition coefficient (Wildman–Crippen LogP) is 3.84. The fourth-order valence-corrected chi connectivity index (χ4v) is 3.84. The Balaban J connectivity index is 2.32. The first-order valence-electron chi connectivity index (χ1n) is 7.55. The first-order chi connectivity index (χ1) is 11.0. The second-order valence-corrected chi connectivity index (χ2v) is 7.83. The molecule has 2 unspecified atom stereocenters. The number of ether oxygens (including phenoxy) is 1. The quantitative estimate of drug-likeness (QED) is 0.439. The van der Waals surface area contributed by atoms with Crippen LogP contribution < -0.4 is 5.50 Å². The molecule has 1 aromatic rings. The van der Waals surface area contributed by atoms with Gasteiger partial charge in [-0.25, -0.2) is 10.2 Å². The highest BCUT2D eigenvalue weighted by Crippen LogP contribution is 2.42. The van der Waals surface area contributed by atoms with Gasteiger partial charge in [-0.3, -0.25) is 4.57 Å². The molecular formula is C15H25Cl2N2O3P. The summed E-state index contributed by atoms with van der Waals surface area (Å²) in [4.78, 5) is 0. The number of nitrogens with zero attached hydrogens (tertiary/aromatic N) is 1. The maximum atomic E-state index is 12.4. The molecule has 2 atom stereocenters. The summed E-state index contributed by atoms with van der Waals surface area (Å²) < 4.78 is 25.0. The van der Waals surface area contributed by atoms with Gasteiger partial charge in [-0.1, -0.05) is 30.3 Å². The Hall–Kier alpha value is -0.130. The monoisotopic (exact) mass is 382 g/mol. The van der Waals surface area contributed by atoms with E-state index in [4.69, 9.17) is 38.0 Å². The van der Waals surface area contributed by atoms with E-state index in [9.17, 15) is 4.57 Å². The van der Waals surface area contributed by atoms with Gasteiger partial charge in [0, 0.05) is 24.8 Å². The van der Waals surface area contributed by atoms with E-state index in [2.05, 4.69) is 0 Å². The first-order valence-corrected chi connectivity index (χ1v) is 10.3. The van der Waals surface area contributed by atoms with Crippen LogP contribution in [-0.2, 0) is 20.4 Å². The molecule has 0 heterocycles. The molecule has 0 saturated carbocycles. The van der Waals surface area contributed by atoms with Gasteiger partial charge in [-0.2, -0.15) is 0 Å². The molecule has 0 aliphatic rings. The highest BCUT2D eigenvalue weighted by atomic mass is 35.5. The number of halogens is 2. The summed E-state index contributed by atoms with van der Waals surface area (Å²) in [6.45, 7) is 3.49. The van der Waals surface area contributed by atoms with Gasteiger partial charge < -0.3 is 9.26 Å². The van der Waals surface area contributed by atoms with E-state index in [0.717, 1.165) is 5.56 Å². The van der Waals surface area contributed by atoms with E-state index in [0.29, 0.717) is 37.9 Å². The van der Waals surface area contributed by atoms with Crippen LogP contribution in [0.3, 0.4) is 0 Å². The number of benzene rings is 1. The molecule has 0 saturated heterocycles. The number of nitrogens with two attached hydrogens (primary N) is 1. The Morgan fingerprint density at radius 3 is 2.39 bits per heavy atom. The molecular weight excluding hydrogens is 358 g/mol. The van der Waals surface area contributed by atoms with Crippen LogP contribution in [0, 0.1) is 0 Å². The Kier molecular flexibility index (Phi) is 10.4. The summed E-state index contributed by atoms with van der Waals surface area (Å²) in [5, 5.41) is 0. The predicted molar refractivity (Wildman–Crippen MR) is 96.1 cm³/mol. The lowest BCUT2D eigenvalue weighted by molar-refractivity contribution is 0.0381. The van der Waals surface area contributed by atoms with Crippen molar-refractivity contribution in [2.24, 2.45) is 5.50 Å². The van der Waals surface area contributed by atoms with Gasteiger partial charge in [-0.05, 0) is 18.9 Å². The number of hydrogen-bond donors (Lipinski definition) is 1. The minimum atomic E-state index is -3.36. The van der Waals surface area contributed by atoms with E-state index in [-0.39, 0.29) is 12.7 Å². The topological polar surface area (TPSA) is 64.8 Å². The third-order valence-electron chi connectivity index (χ3n) is 3.26. The molecule has 132 valence electrons. The van der Waals surface area contributed by atoms with Gasteiger partial charge >= 0.3 is 7.67 Å². The Labute approximate surface area is 148 Å². The van der Waals surface area contributed by atoms with E-state index in [1.54, 1.807) is 0 Å². The smallest absolute Gasteiger partial charge is 0.340 e. The van der Waals surface area contributed by atoms with Crippen LogP contribution in [0.5, 0.6) is 0 Å². The van der Waals surface area contributed by atoms with E-state index < -0.39 is 7.67 Å². The van der Waals surface area contributed by atoms with E-state index in [1.807, 2.05) is 37.3 Å². The SMILES string of the molecule is CC(CCOP(N)(=O)N(CCCl)CCCl)OCc1ccccc1. The molecule has 0 spiro atoms. The average Bonchev–Trinajstić information content (AvgIpc) is 2.53. The highest BCUT2D eigenvalue weighted by molar-refractivity contribution is 7.53. The van der Waals surface area contributed by atoms with E-state index in [1.165, 1.54) is 4.67 Å². The molecule has 0 aromatic heterocycles. The summed E-state index contributed by atoms with van der Waals surface area (Å²) in [5.74, 6) is 0.635. The molecule has 0 radical (unpaired) electrons. The van der Waals surface area contributed by atoms with Gasteiger partial charge in [0.25, 0.3) is 0 Å². The summed E-state index contributed by atoms with van der Waals surface area (Å²) in [6, 6.07) is 9.92. The van der Waals surface area contributed by atoms with Crippen molar-refractivity contribution in [3.05, 3.63) is 35.9 Å². The van der Waals surface area contributed by atoms with E-state index >= 15 is 0 Å². The van der Waals surface area contributed by atoms with Gasteiger partial charge in [0.1, 0.15) is 0 Å². The zero-order chi connectivity index (χ0) is 17.1. The lowest BCUT2D eigenvalue weighted by atomic mass is 10.2. The Morgan fingerprint density at radius 2 is 1.83 bits per heavy atom. The van der Waals surface area contributed by atoms with Crippen LogP contribution >= 0.6 is 30.9 Å². The molecule has 5 nitrogen and oxygen atoms in total. The van der Waals surface area contributed by atoms with Crippen LogP contribution in [0.4, 0.5) is 0 Å². The van der Waals surface area contributed by atoms with Gasteiger partial charge in [-0.15, -0.1) is 23.2 Å². The van der Waals surface area contributed by atoms with Crippen molar-refractivity contribution in [3.8, 4) is 0 Å². The standard InChI is InChI=1S/C15H25Cl2N2O3P/c1-14(21-13-15-5-3-2-4-6-15)7-12-22-23(18,20)19(10-8-16)11-9-17/h2-6,14H,7-13H2,1H3,(H2,18,20). The molecule has 2 N–H and O–H groups in total. The molecule has 1 rings (SSSR count). The van der Waals surface area contributed by atoms with Gasteiger partial charge in [0.05, 0.1) is 19.3 Å². The third-order valence-corrected chi connectivity index (χ3v) is 5.34. The summed E-state index contributed by atoms with van der Waals surface area (Å²) in [7, 11) is -3.36. The second kappa shape index (κ2) is 11.4. The van der Waals surface area contributed by atoms with Crippen LogP contribution in [0.2, 0.25) is 0 Å².